The number of aryl methyl sites for hydroxylation is 1. The van der Waals surface area contributed by atoms with Crippen LogP contribution in [0.3, 0.4) is 0 Å². The topological polar surface area (TPSA) is 26.3 Å². The second-order valence-corrected chi connectivity index (χ2v) is 5.14. The number of halogens is 1. The molecule has 0 bridgehead atoms. The standard InChI is InChI=1S/C16H13ClO2/c17-13-2-1-3-15(10-13)19-16-7-5-11-8-14(18)6-4-12(11)9-16/h1-3,5,7,9-10H,4,6,8H2. The Morgan fingerprint density at radius 2 is 1.79 bits per heavy atom. The molecule has 96 valence electrons. The zero-order valence-electron chi connectivity index (χ0n) is 10.4. The summed E-state index contributed by atoms with van der Waals surface area (Å²) in [5.41, 5.74) is 2.33. The summed E-state index contributed by atoms with van der Waals surface area (Å²) >= 11 is 5.92. The zero-order chi connectivity index (χ0) is 13.2. The van der Waals surface area contributed by atoms with E-state index in [9.17, 15) is 4.79 Å². The van der Waals surface area contributed by atoms with Gasteiger partial charge in [-0.1, -0.05) is 23.7 Å². The van der Waals surface area contributed by atoms with E-state index in [2.05, 4.69) is 0 Å². The molecule has 0 saturated heterocycles. The molecule has 0 atom stereocenters. The Hall–Kier alpha value is -1.80. The molecule has 3 heteroatoms. The normalized spacial score (nSPS) is 14.1. The Morgan fingerprint density at radius 1 is 0.947 bits per heavy atom. The van der Waals surface area contributed by atoms with Gasteiger partial charge in [0.1, 0.15) is 17.3 Å². The number of Topliss-reactive ketones (excluding diaryl/α,β-unsaturated/α-hetero) is 1. The number of carbonyl (C=O) groups excluding carboxylic acids is 1. The number of benzene rings is 2. The summed E-state index contributed by atoms with van der Waals surface area (Å²) in [6.45, 7) is 0. The molecule has 0 amide bonds. The molecule has 2 aromatic rings. The van der Waals surface area contributed by atoms with Gasteiger partial charge in [-0.15, -0.1) is 0 Å². The lowest BCUT2D eigenvalue weighted by atomic mass is 9.91. The van der Waals surface area contributed by atoms with Gasteiger partial charge in [-0.2, -0.15) is 0 Å². The van der Waals surface area contributed by atoms with Gasteiger partial charge in [0.2, 0.25) is 0 Å². The maximum Gasteiger partial charge on any atom is 0.137 e. The summed E-state index contributed by atoms with van der Waals surface area (Å²) in [6.07, 6.45) is 1.99. The van der Waals surface area contributed by atoms with E-state index in [1.54, 1.807) is 6.07 Å². The molecule has 19 heavy (non-hydrogen) atoms. The van der Waals surface area contributed by atoms with Crippen molar-refractivity contribution in [3.05, 3.63) is 58.6 Å². The molecule has 0 aliphatic heterocycles. The Kier molecular flexibility index (Phi) is 3.26. The first kappa shape index (κ1) is 12.2. The summed E-state index contributed by atoms with van der Waals surface area (Å²) in [7, 11) is 0. The average Bonchev–Trinajstić information content (AvgIpc) is 2.39. The van der Waals surface area contributed by atoms with Crippen molar-refractivity contribution < 1.29 is 9.53 Å². The number of rotatable bonds is 2. The molecule has 1 aliphatic carbocycles. The van der Waals surface area contributed by atoms with E-state index in [0.717, 1.165) is 23.5 Å². The van der Waals surface area contributed by atoms with Crippen molar-refractivity contribution in [2.45, 2.75) is 19.3 Å². The summed E-state index contributed by atoms with van der Waals surface area (Å²) < 4.78 is 5.78. The van der Waals surface area contributed by atoms with Gasteiger partial charge in [0.25, 0.3) is 0 Å². The van der Waals surface area contributed by atoms with Crippen molar-refractivity contribution in [3.8, 4) is 11.5 Å². The predicted molar refractivity (Wildman–Crippen MR) is 75.0 cm³/mol. The quantitative estimate of drug-likeness (QED) is 0.819. The number of ketones is 1. The van der Waals surface area contributed by atoms with Crippen LogP contribution in [0.25, 0.3) is 0 Å². The van der Waals surface area contributed by atoms with E-state index in [1.165, 1.54) is 5.56 Å². The van der Waals surface area contributed by atoms with Crippen LogP contribution in [0.4, 0.5) is 0 Å². The van der Waals surface area contributed by atoms with Gasteiger partial charge in [-0.25, -0.2) is 0 Å². The third-order valence-corrected chi connectivity index (χ3v) is 3.51. The van der Waals surface area contributed by atoms with Crippen LogP contribution < -0.4 is 4.74 Å². The van der Waals surface area contributed by atoms with Crippen molar-refractivity contribution >= 4 is 17.4 Å². The molecule has 0 unspecified atom stereocenters. The second-order valence-electron chi connectivity index (χ2n) is 4.71. The molecule has 0 heterocycles. The van der Waals surface area contributed by atoms with Gasteiger partial charge in [-0.05, 0) is 47.9 Å². The highest BCUT2D eigenvalue weighted by atomic mass is 35.5. The minimum atomic E-state index is 0.316. The number of carbonyl (C=O) groups is 1. The second kappa shape index (κ2) is 5.06. The first-order valence-corrected chi connectivity index (χ1v) is 6.65. The van der Waals surface area contributed by atoms with Gasteiger partial charge in [0.05, 0.1) is 0 Å². The first-order chi connectivity index (χ1) is 9.20. The molecule has 2 nitrogen and oxygen atoms in total. The van der Waals surface area contributed by atoms with Crippen molar-refractivity contribution in [3.63, 3.8) is 0 Å². The molecule has 0 N–H and O–H groups in total. The molecule has 1 aliphatic rings. The maximum atomic E-state index is 11.4. The molecule has 0 radical (unpaired) electrons. The van der Waals surface area contributed by atoms with E-state index in [1.807, 2.05) is 36.4 Å². The van der Waals surface area contributed by atoms with Gasteiger partial charge in [0.15, 0.2) is 0 Å². The Bertz CT molecular complexity index is 634. The minimum absolute atomic E-state index is 0.316. The number of ether oxygens (including phenoxy) is 1. The lowest BCUT2D eigenvalue weighted by Gasteiger charge is -2.16. The highest BCUT2D eigenvalue weighted by Gasteiger charge is 2.15. The molecule has 3 rings (SSSR count). The van der Waals surface area contributed by atoms with Crippen LogP contribution in [0.2, 0.25) is 5.02 Å². The fourth-order valence-corrected chi connectivity index (χ4v) is 2.49. The Balaban J connectivity index is 1.85. The third kappa shape index (κ3) is 2.79. The van der Waals surface area contributed by atoms with Crippen molar-refractivity contribution in [2.24, 2.45) is 0 Å². The summed E-state index contributed by atoms with van der Waals surface area (Å²) in [5.74, 6) is 1.82. The number of hydrogen-bond acceptors (Lipinski definition) is 2. The monoisotopic (exact) mass is 272 g/mol. The van der Waals surface area contributed by atoms with E-state index in [4.69, 9.17) is 16.3 Å². The fourth-order valence-electron chi connectivity index (χ4n) is 2.31. The molecule has 2 aromatic carbocycles. The molecule has 0 fully saturated rings. The highest BCUT2D eigenvalue weighted by Crippen LogP contribution is 2.28. The van der Waals surface area contributed by atoms with E-state index >= 15 is 0 Å². The van der Waals surface area contributed by atoms with Crippen LogP contribution in [0, 0.1) is 0 Å². The van der Waals surface area contributed by atoms with Crippen molar-refractivity contribution in [1.82, 2.24) is 0 Å². The van der Waals surface area contributed by atoms with Gasteiger partial charge >= 0.3 is 0 Å². The van der Waals surface area contributed by atoms with Gasteiger partial charge < -0.3 is 4.74 Å². The predicted octanol–water partition coefficient (Wildman–Crippen LogP) is 4.19. The summed E-state index contributed by atoms with van der Waals surface area (Å²) in [6, 6.07) is 13.2. The van der Waals surface area contributed by atoms with Crippen LogP contribution in [0.1, 0.15) is 17.5 Å². The average molecular weight is 273 g/mol. The number of hydrogen-bond donors (Lipinski definition) is 0. The van der Waals surface area contributed by atoms with Gasteiger partial charge in [0, 0.05) is 17.9 Å². The SMILES string of the molecule is O=C1CCc2cc(Oc3cccc(Cl)c3)ccc2C1. The van der Waals surface area contributed by atoms with E-state index < -0.39 is 0 Å². The van der Waals surface area contributed by atoms with Crippen LogP contribution in [-0.4, -0.2) is 5.78 Å². The minimum Gasteiger partial charge on any atom is -0.457 e. The molecular formula is C16H13ClO2. The lowest BCUT2D eigenvalue weighted by molar-refractivity contribution is -0.118. The zero-order valence-corrected chi connectivity index (χ0v) is 11.1. The first-order valence-electron chi connectivity index (χ1n) is 6.27. The van der Waals surface area contributed by atoms with Crippen molar-refractivity contribution in [1.29, 1.82) is 0 Å². The molecule has 0 saturated carbocycles. The highest BCUT2D eigenvalue weighted by molar-refractivity contribution is 6.30. The van der Waals surface area contributed by atoms with Crippen LogP contribution in [0.15, 0.2) is 42.5 Å². The lowest BCUT2D eigenvalue weighted by Crippen LogP contribution is -2.12. The molecule has 0 spiro atoms. The maximum absolute atomic E-state index is 11.4. The van der Waals surface area contributed by atoms with Crippen LogP contribution >= 0.6 is 11.6 Å². The summed E-state index contributed by atoms with van der Waals surface area (Å²) in [4.78, 5) is 11.4. The largest absolute Gasteiger partial charge is 0.457 e. The fraction of sp³-hybridized carbons (Fsp3) is 0.188. The summed E-state index contributed by atoms with van der Waals surface area (Å²) in [5, 5.41) is 0.654. The molecule has 0 aromatic heterocycles. The van der Waals surface area contributed by atoms with E-state index in [0.29, 0.717) is 23.6 Å². The molecular weight excluding hydrogens is 260 g/mol. The van der Waals surface area contributed by atoms with Crippen LogP contribution in [0.5, 0.6) is 11.5 Å². The van der Waals surface area contributed by atoms with Crippen LogP contribution in [-0.2, 0) is 17.6 Å². The number of fused-ring (bicyclic) bond motifs is 1. The van der Waals surface area contributed by atoms with Crippen molar-refractivity contribution in [2.75, 3.05) is 0 Å². The third-order valence-electron chi connectivity index (χ3n) is 3.27. The van der Waals surface area contributed by atoms with Gasteiger partial charge in [-0.3, -0.25) is 4.79 Å². The smallest absolute Gasteiger partial charge is 0.137 e. The Morgan fingerprint density at radius 3 is 2.63 bits per heavy atom. The van der Waals surface area contributed by atoms with E-state index in [-0.39, 0.29) is 0 Å². The Labute approximate surface area is 117 Å².